The van der Waals surface area contributed by atoms with Gasteiger partial charge in [-0.3, -0.25) is 4.90 Å². The van der Waals surface area contributed by atoms with Gasteiger partial charge in [0.15, 0.2) is 0 Å². The zero-order valence-corrected chi connectivity index (χ0v) is 15.5. The molecule has 0 amide bonds. The predicted molar refractivity (Wildman–Crippen MR) is 101 cm³/mol. The van der Waals surface area contributed by atoms with Gasteiger partial charge in [-0.25, -0.2) is 0 Å². The first kappa shape index (κ1) is 22.1. The lowest BCUT2D eigenvalue weighted by Crippen LogP contribution is -2.45. The van der Waals surface area contributed by atoms with E-state index in [9.17, 15) is 0 Å². The van der Waals surface area contributed by atoms with Gasteiger partial charge in [0.1, 0.15) is 11.5 Å². The van der Waals surface area contributed by atoms with Gasteiger partial charge in [0.25, 0.3) is 0 Å². The van der Waals surface area contributed by atoms with Crippen LogP contribution in [0, 0.1) is 0 Å². The highest BCUT2D eigenvalue weighted by molar-refractivity contribution is 5.85. The Morgan fingerprint density at radius 1 is 1.17 bits per heavy atom. The van der Waals surface area contributed by atoms with Crippen molar-refractivity contribution >= 4 is 24.8 Å². The van der Waals surface area contributed by atoms with Gasteiger partial charge in [-0.05, 0) is 25.0 Å². The number of allylic oxidation sites excluding steroid dienone is 1. The van der Waals surface area contributed by atoms with Crippen LogP contribution < -0.4 is 14.8 Å². The second-order valence-corrected chi connectivity index (χ2v) is 5.24. The summed E-state index contributed by atoms with van der Waals surface area (Å²) in [6.07, 6.45) is 3.99. The van der Waals surface area contributed by atoms with Gasteiger partial charge in [-0.1, -0.05) is 12.1 Å². The molecule has 0 aromatic heterocycles. The summed E-state index contributed by atoms with van der Waals surface area (Å²) in [5.41, 5.74) is 1.16. The summed E-state index contributed by atoms with van der Waals surface area (Å²) >= 11 is 0. The molecule has 23 heavy (non-hydrogen) atoms. The molecule has 0 bridgehead atoms. The summed E-state index contributed by atoms with van der Waals surface area (Å²) in [4.78, 5) is 2.51. The Kier molecular flexibility index (Phi) is 11.1. The molecule has 1 aliphatic heterocycles. The minimum atomic E-state index is 0. The van der Waals surface area contributed by atoms with Gasteiger partial charge in [0, 0.05) is 32.2 Å². The monoisotopic (exact) mass is 362 g/mol. The van der Waals surface area contributed by atoms with E-state index in [1.54, 1.807) is 14.2 Å². The molecule has 1 saturated heterocycles. The maximum absolute atomic E-state index is 5.59. The lowest BCUT2D eigenvalue weighted by Gasteiger charge is -2.36. The molecular weight excluding hydrogens is 335 g/mol. The number of nitrogens with one attached hydrogen (secondary N) is 1. The molecule has 1 N–H and O–H groups in total. The molecule has 1 heterocycles. The maximum Gasteiger partial charge on any atom is 0.127 e. The molecule has 1 aliphatic rings. The number of piperazine rings is 1. The summed E-state index contributed by atoms with van der Waals surface area (Å²) in [5, 5.41) is 3.41. The van der Waals surface area contributed by atoms with E-state index in [2.05, 4.69) is 16.8 Å². The first-order valence-corrected chi connectivity index (χ1v) is 7.58. The summed E-state index contributed by atoms with van der Waals surface area (Å²) in [6, 6.07) is 6.31. The van der Waals surface area contributed by atoms with Gasteiger partial charge < -0.3 is 14.8 Å². The third-order valence-corrected chi connectivity index (χ3v) is 4.04. The molecule has 0 unspecified atom stereocenters. The number of halogens is 2. The van der Waals surface area contributed by atoms with Crippen LogP contribution in [-0.2, 0) is 0 Å². The number of hydrogen-bond acceptors (Lipinski definition) is 4. The Bertz CT molecular complexity index is 444. The molecular formula is C17H28Cl2N2O2. The summed E-state index contributed by atoms with van der Waals surface area (Å²) < 4.78 is 11.2. The number of methoxy groups -OCH3 is 2. The fourth-order valence-electron chi connectivity index (χ4n) is 2.99. The quantitative estimate of drug-likeness (QED) is 0.753. The fourth-order valence-corrected chi connectivity index (χ4v) is 2.99. The second-order valence-electron chi connectivity index (χ2n) is 5.24. The van der Waals surface area contributed by atoms with Crippen molar-refractivity contribution in [1.29, 1.82) is 0 Å². The lowest BCUT2D eigenvalue weighted by atomic mass is 9.97. The zero-order chi connectivity index (χ0) is 15.1. The van der Waals surface area contributed by atoms with E-state index in [-0.39, 0.29) is 24.8 Å². The first-order valence-electron chi connectivity index (χ1n) is 7.58. The van der Waals surface area contributed by atoms with Crippen molar-refractivity contribution in [3.8, 4) is 11.5 Å². The van der Waals surface area contributed by atoms with Gasteiger partial charge >= 0.3 is 0 Å². The Balaban J connectivity index is 0.00000242. The van der Waals surface area contributed by atoms with Crippen LogP contribution in [0.4, 0.5) is 0 Å². The molecule has 2 rings (SSSR count). The van der Waals surface area contributed by atoms with Crippen molar-refractivity contribution in [2.75, 3.05) is 40.4 Å². The number of rotatable bonds is 7. The second kappa shape index (κ2) is 11.6. The van der Waals surface area contributed by atoms with Crippen LogP contribution >= 0.6 is 24.8 Å². The molecule has 1 fully saturated rings. The number of benzene rings is 1. The van der Waals surface area contributed by atoms with E-state index in [0.717, 1.165) is 56.1 Å². The van der Waals surface area contributed by atoms with Crippen LogP contribution in [0.1, 0.15) is 24.4 Å². The van der Waals surface area contributed by atoms with Crippen LogP contribution in [0.5, 0.6) is 11.5 Å². The van der Waals surface area contributed by atoms with Crippen LogP contribution in [0.3, 0.4) is 0 Å². The summed E-state index contributed by atoms with van der Waals surface area (Å²) in [5.74, 6) is 1.81. The standard InChI is InChI=1S/C17H26N2O2.2ClH/c1-4-5-7-14(19-12-10-18-11-13-19)17-15(20-2)8-6-9-16(17)21-3;;/h4,6,8-9,14,18H,1,5,7,10-13H2,2-3H3;2*1H/t14-;;/m0../s1. The number of nitrogens with zero attached hydrogens (tertiary/aromatic N) is 1. The van der Waals surface area contributed by atoms with Crippen LogP contribution in [-0.4, -0.2) is 45.3 Å². The molecule has 0 spiro atoms. The summed E-state index contributed by atoms with van der Waals surface area (Å²) in [6.45, 7) is 8.01. The van der Waals surface area contributed by atoms with Crippen molar-refractivity contribution in [3.63, 3.8) is 0 Å². The smallest absolute Gasteiger partial charge is 0.127 e. The maximum atomic E-state index is 5.59. The number of hydrogen-bond donors (Lipinski definition) is 1. The van der Waals surface area contributed by atoms with E-state index in [1.807, 2.05) is 24.3 Å². The third kappa shape index (κ3) is 5.57. The molecule has 1 atom stereocenters. The van der Waals surface area contributed by atoms with E-state index in [1.165, 1.54) is 0 Å². The fraction of sp³-hybridized carbons (Fsp3) is 0.529. The van der Waals surface area contributed by atoms with Crippen LogP contribution in [0.15, 0.2) is 30.9 Å². The van der Waals surface area contributed by atoms with Crippen molar-refractivity contribution in [3.05, 3.63) is 36.4 Å². The van der Waals surface area contributed by atoms with Crippen molar-refractivity contribution < 1.29 is 9.47 Å². The zero-order valence-electron chi connectivity index (χ0n) is 13.9. The Hall–Kier alpha value is -0.940. The van der Waals surface area contributed by atoms with E-state index in [0.29, 0.717) is 6.04 Å². The SMILES string of the molecule is C=CCC[C@@H](c1c(OC)cccc1OC)N1CCNCC1.Cl.Cl. The Labute approximate surface area is 152 Å². The minimum Gasteiger partial charge on any atom is -0.496 e. The van der Waals surface area contributed by atoms with Crippen molar-refractivity contribution in [2.45, 2.75) is 18.9 Å². The average molecular weight is 363 g/mol. The first-order chi connectivity index (χ1) is 10.3. The van der Waals surface area contributed by atoms with Gasteiger partial charge in [-0.15, -0.1) is 31.4 Å². The van der Waals surface area contributed by atoms with E-state index >= 15 is 0 Å². The summed E-state index contributed by atoms with van der Waals surface area (Å²) in [7, 11) is 3.45. The van der Waals surface area contributed by atoms with Gasteiger partial charge in [-0.2, -0.15) is 0 Å². The van der Waals surface area contributed by atoms with Crippen molar-refractivity contribution in [1.82, 2.24) is 10.2 Å². The minimum absolute atomic E-state index is 0. The van der Waals surface area contributed by atoms with Gasteiger partial charge in [0.05, 0.1) is 19.8 Å². The normalized spacial score (nSPS) is 15.7. The van der Waals surface area contributed by atoms with Crippen LogP contribution in [0.25, 0.3) is 0 Å². The Morgan fingerprint density at radius 3 is 2.22 bits per heavy atom. The van der Waals surface area contributed by atoms with Crippen molar-refractivity contribution in [2.24, 2.45) is 0 Å². The largest absolute Gasteiger partial charge is 0.496 e. The average Bonchev–Trinajstić information content (AvgIpc) is 2.56. The predicted octanol–water partition coefficient (Wildman–Crippen LogP) is 3.46. The van der Waals surface area contributed by atoms with E-state index < -0.39 is 0 Å². The van der Waals surface area contributed by atoms with Crippen LogP contribution in [0.2, 0.25) is 0 Å². The highest BCUT2D eigenvalue weighted by atomic mass is 35.5. The molecule has 0 saturated carbocycles. The molecule has 132 valence electrons. The molecule has 1 aromatic rings. The Morgan fingerprint density at radius 2 is 1.74 bits per heavy atom. The number of ether oxygens (including phenoxy) is 2. The van der Waals surface area contributed by atoms with Gasteiger partial charge in [0.2, 0.25) is 0 Å². The molecule has 0 aliphatic carbocycles. The third-order valence-electron chi connectivity index (χ3n) is 4.04. The highest BCUT2D eigenvalue weighted by Gasteiger charge is 2.27. The molecule has 6 heteroatoms. The molecule has 1 aromatic carbocycles. The highest BCUT2D eigenvalue weighted by Crippen LogP contribution is 2.39. The molecule has 4 nitrogen and oxygen atoms in total. The topological polar surface area (TPSA) is 33.7 Å². The van der Waals surface area contributed by atoms with E-state index in [4.69, 9.17) is 9.47 Å². The lowest BCUT2D eigenvalue weighted by molar-refractivity contribution is 0.160. The molecule has 0 radical (unpaired) electrons.